The van der Waals surface area contributed by atoms with E-state index in [-0.39, 0.29) is 18.8 Å². The van der Waals surface area contributed by atoms with Gasteiger partial charge in [0.25, 0.3) is 11.8 Å². The molecular formula is C17H18N2O7. The second-order valence-corrected chi connectivity index (χ2v) is 5.19. The summed E-state index contributed by atoms with van der Waals surface area (Å²) >= 11 is 0. The van der Waals surface area contributed by atoms with E-state index in [4.69, 9.17) is 14.2 Å². The van der Waals surface area contributed by atoms with E-state index in [1.54, 1.807) is 13.0 Å². The van der Waals surface area contributed by atoms with Crippen LogP contribution in [0.3, 0.4) is 0 Å². The molecule has 0 saturated carbocycles. The van der Waals surface area contributed by atoms with Crippen molar-refractivity contribution < 1.29 is 33.4 Å². The zero-order chi connectivity index (χ0) is 19.3. The van der Waals surface area contributed by atoms with Crippen molar-refractivity contribution in [3.8, 4) is 11.5 Å². The summed E-state index contributed by atoms with van der Waals surface area (Å²) in [4.78, 5) is 47.5. The number of ether oxygens (including phenoxy) is 3. The summed E-state index contributed by atoms with van der Waals surface area (Å²) in [5.41, 5.74) is 0.293. The molecule has 0 atom stereocenters. The standard InChI is InChI=1S/C17H18N2O7/c1-4-25-14(20)9-26-12-6-5-10(8-13(12)24-3)7-11-15(21)18-17(23)19(2)16(11)22/h5-8H,4,9H2,1-3H3,(H,18,21,23). The monoisotopic (exact) mass is 362 g/mol. The number of urea groups is 1. The summed E-state index contributed by atoms with van der Waals surface area (Å²) in [5, 5.41) is 2.07. The molecule has 0 bridgehead atoms. The summed E-state index contributed by atoms with van der Waals surface area (Å²) < 4.78 is 15.3. The molecule has 0 aliphatic carbocycles. The lowest BCUT2D eigenvalue weighted by molar-refractivity contribution is -0.145. The van der Waals surface area contributed by atoms with Gasteiger partial charge in [-0.2, -0.15) is 0 Å². The highest BCUT2D eigenvalue weighted by Crippen LogP contribution is 2.29. The molecule has 0 aromatic heterocycles. The molecule has 26 heavy (non-hydrogen) atoms. The van der Waals surface area contributed by atoms with Gasteiger partial charge in [-0.05, 0) is 30.7 Å². The lowest BCUT2D eigenvalue weighted by Gasteiger charge is -2.22. The number of amides is 4. The predicted octanol–water partition coefficient (Wildman–Crippen LogP) is 0.729. The number of hydrogen-bond acceptors (Lipinski definition) is 7. The molecule has 9 heteroatoms. The van der Waals surface area contributed by atoms with Gasteiger partial charge in [-0.1, -0.05) is 6.07 Å². The van der Waals surface area contributed by atoms with E-state index in [9.17, 15) is 19.2 Å². The van der Waals surface area contributed by atoms with Gasteiger partial charge < -0.3 is 14.2 Å². The van der Waals surface area contributed by atoms with Crippen LogP contribution >= 0.6 is 0 Å². The van der Waals surface area contributed by atoms with Crippen LogP contribution in [0.5, 0.6) is 11.5 Å². The molecule has 1 aromatic carbocycles. The fraction of sp³-hybridized carbons (Fsp3) is 0.294. The molecule has 0 radical (unpaired) electrons. The fourth-order valence-corrected chi connectivity index (χ4v) is 2.14. The quantitative estimate of drug-likeness (QED) is 0.451. The van der Waals surface area contributed by atoms with Crippen molar-refractivity contribution >= 4 is 29.9 Å². The predicted molar refractivity (Wildman–Crippen MR) is 89.4 cm³/mol. The number of benzene rings is 1. The Morgan fingerprint density at radius 3 is 2.62 bits per heavy atom. The lowest BCUT2D eigenvalue weighted by Crippen LogP contribution is -2.52. The third-order valence-corrected chi connectivity index (χ3v) is 3.45. The highest BCUT2D eigenvalue weighted by atomic mass is 16.6. The summed E-state index contributed by atoms with van der Waals surface area (Å²) in [5.74, 6) is -1.40. The number of hydrogen-bond donors (Lipinski definition) is 1. The molecule has 1 fully saturated rings. The Hall–Kier alpha value is -3.36. The molecule has 138 valence electrons. The molecule has 1 heterocycles. The molecular weight excluding hydrogens is 344 g/mol. The minimum absolute atomic E-state index is 0.186. The van der Waals surface area contributed by atoms with Crippen molar-refractivity contribution in [3.63, 3.8) is 0 Å². The van der Waals surface area contributed by atoms with Crippen LogP contribution in [0.2, 0.25) is 0 Å². The summed E-state index contributed by atoms with van der Waals surface area (Å²) in [6.45, 7) is 1.66. The first-order valence-corrected chi connectivity index (χ1v) is 7.68. The Kier molecular flexibility index (Phi) is 5.94. The van der Waals surface area contributed by atoms with E-state index >= 15 is 0 Å². The zero-order valence-electron chi connectivity index (χ0n) is 14.5. The van der Waals surface area contributed by atoms with Crippen molar-refractivity contribution in [3.05, 3.63) is 29.3 Å². The van der Waals surface area contributed by atoms with Gasteiger partial charge in [0.05, 0.1) is 13.7 Å². The Balaban J connectivity index is 2.23. The molecule has 4 amide bonds. The van der Waals surface area contributed by atoms with Crippen molar-refractivity contribution in [1.82, 2.24) is 10.2 Å². The topological polar surface area (TPSA) is 111 Å². The Morgan fingerprint density at radius 2 is 1.96 bits per heavy atom. The first-order chi connectivity index (χ1) is 12.4. The molecule has 9 nitrogen and oxygen atoms in total. The molecule has 1 N–H and O–H groups in total. The number of nitrogens with zero attached hydrogens (tertiary/aromatic N) is 1. The summed E-state index contributed by atoms with van der Waals surface area (Å²) in [6, 6.07) is 3.86. The van der Waals surface area contributed by atoms with E-state index in [0.29, 0.717) is 17.1 Å². The van der Waals surface area contributed by atoms with Gasteiger partial charge in [0.15, 0.2) is 18.1 Å². The van der Waals surface area contributed by atoms with E-state index in [1.165, 1.54) is 32.4 Å². The van der Waals surface area contributed by atoms with Crippen LogP contribution in [-0.2, 0) is 19.1 Å². The maximum Gasteiger partial charge on any atom is 0.344 e. The molecule has 1 aliphatic heterocycles. The number of barbiturate groups is 1. The van der Waals surface area contributed by atoms with Gasteiger partial charge in [-0.15, -0.1) is 0 Å². The first kappa shape index (κ1) is 19.0. The van der Waals surface area contributed by atoms with Crippen molar-refractivity contribution in [2.24, 2.45) is 0 Å². The second kappa shape index (κ2) is 8.15. The smallest absolute Gasteiger partial charge is 0.344 e. The third kappa shape index (κ3) is 4.18. The maximum absolute atomic E-state index is 12.1. The molecule has 2 rings (SSSR count). The van der Waals surface area contributed by atoms with Crippen LogP contribution in [0, 0.1) is 0 Å². The molecule has 1 aliphatic rings. The van der Waals surface area contributed by atoms with Crippen molar-refractivity contribution in [1.29, 1.82) is 0 Å². The highest BCUT2D eigenvalue weighted by Gasteiger charge is 2.33. The van der Waals surface area contributed by atoms with Gasteiger partial charge in [0.1, 0.15) is 5.57 Å². The molecule has 1 saturated heterocycles. The second-order valence-electron chi connectivity index (χ2n) is 5.19. The Bertz CT molecular complexity index is 785. The lowest BCUT2D eigenvalue weighted by atomic mass is 10.1. The van der Waals surface area contributed by atoms with Crippen LogP contribution < -0.4 is 14.8 Å². The van der Waals surface area contributed by atoms with E-state index in [0.717, 1.165) is 4.90 Å². The SMILES string of the molecule is CCOC(=O)COc1ccc(C=C2C(=O)NC(=O)N(C)C2=O)cc1OC. The Labute approximate surface area is 149 Å². The van der Waals surface area contributed by atoms with Gasteiger partial charge in [-0.3, -0.25) is 19.8 Å². The van der Waals surface area contributed by atoms with Crippen LogP contribution in [0.25, 0.3) is 6.08 Å². The van der Waals surface area contributed by atoms with Gasteiger partial charge in [0.2, 0.25) is 0 Å². The van der Waals surface area contributed by atoms with Crippen molar-refractivity contribution in [2.45, 2.75) is 6.92 Å². The minimum atomic E-state index is -0.780. The highest BCUT2D eigenvalue weighted by molar-refractivity contribution is 6.30. The first-order valence-electron chi connectivity index (χ1n) is 7.68. The van der Waals surface area contributed by atoms with Gasteiger partial charge in [-0.25, -0.2) is 9.59 Å². The van der Waals surface area contributed by atoms with E-state index in [2.05, 4.69) is 5.32 Å². The largest absolute Gasteiger partial charge is 0.493 e. The average molecular weight is 362 g/mol. The van der Waals surface area contributed by atoms with Crippen LogP contribution in [0.15, 0.2) is 23.8 Å². The number of rotatable bonds is 6. The van der Waals surface area contributed by atoms with Crippen molar-refractivity contribution in [2.75, 3.05) is 27.4 Å². The Morgan fingerprint density at radius 1 is 1.23 bits per heavy atom. The fourth-order valence-electron chi connectivity index (χ4n) is 2.14. The summed E-state index contributed by atoms with van der Waals surface area (Å²) in [7, 11) is 2.68. The van der Waals surface area contributed by atoms with Crippen LogP contribution in [0.4, 0.5) is 4.79 Å². The maximum atomic E-state index is 12.1. The van der Waals surface area contributed by atoms with E-state index < -0.39 is 23.8 Å². The number of nitrogens with one attached hydrogen (secondary N) is 1. The summed E-state index contributed by atoms with van der Waals surface area (Å²) in [6.07, 6.45) is 1.33. The molecule has 1 aromatic rings. The minimum Gasteiger partial charge on any atom is -0.493 e. The average Bonchev–Trinajstić information content (AvgIpc) is 2.62. The molecule has 0 spiro atoms. The number of carbonyl (C=O) groups excluding carboxylic acids is 4. The van der Waals surface area contributed by atoms with Crippen LogP contribution in [-0.4, -0.2) is 56.1 Å². The number of imide groups is 2. The van der Waals surface area contributed by atoms with E-state index in [1.807, 2.05) is 0 Å². The number of esters is 1. The number of methoxy groups -OCH3 is 1. The molecule has 0 unspecified atom stereocenters. The van der Waals surface area contributed by atoms with Crippen LogP contribution in [0.1, 0.15) is 12.5 Å². The number of carbonyl (C=O) groups is 4. The van der Waals surface area contributed by atoms with Gasteiger partial charge in [0, 0.05) is 7.05 Å². The number of likely N-dealkylation sites (N-methyl/N-ethyl adjacent to an activating group) is 1. The zero-order valence-corrected chi connectivity index (χ0v) is 14.5. The van der Waals surface area contributed by atoms with Gasteiger partial charge >= 0.3 is 12.0 Å². The third-order valence-electron chi connectivity index (χ3n) is 3.45. The normalized spacial score (nSPS) is 15.7.